The summed E-state index contributed by atoms with van der Waals surface area (Å²) >= 11 is 0. The lowest BCUT2D eigenvalue weighted by molar-refractivity contribution is 0.414. The van der Waals surface area contributed by atoms with Crippen LogP contribution in [0.1, 0.15) is 11.1 Å². The maximum absolute atomic E-state index is 5.31. The van der Waals surface area contributed by atoms with Gasteiger partial charge in [0.2, 0.25) is 0 Å². The van der Waals surface area contributed by atoms with Crippen LogP contribution in [0.25, 0.3) is 10.9 Å². The standard InChI is InChI=1S/C18H16N2O/c1-21-17-7-5-14-11-20(12-15(14)9-17)16-6-4-13-3-2-8-19-18(13)10-16/h2-10H,11-12H2,1H3. The largest absolute Gasteiger partial charge is 0.497 e. The average Bonchev–Trinajstić information content (AvgIpc) is 2.97. The molecular weight excluding hydrogens is 260 g/mol. The van der Waals surface area contributed by atoms with E-state index in [-0.39, 0.29) is 0 Å². The summed E-state index contributed by atoms with van der Waals surface area (Å²) in [4.78, 5) is 6.82. The van der Waals surface area contributed by atoms with Gasteiger partial charge in [0.15, 0.2) is 0 Å². The van der Waals surface area contributed by atoms with E-state index in [0.29, 0.717) is 0 Å². The minimum absolute atomic E-state index is 0.922. The molecule has 2 aromatic carbocycles. The summed E-state index contributed by atoms with van der Waals surface area (Å²) < 4.78 is 5.31. The van der Waals surface area contributed by atoms with Crippen LogP contribution in [0, 0.1) is 0 Å². The Morgan fingerprint density at radius 1 is 1.00 bits per heavy atom. The van der Waals surface area contributed by atoms with Crippen LogP contribution in [-0.2, 0) is 13.1 Å². The van der Waals surface area contributed by atoms with Crippen molar-refractivity contribution in [1.29, 1.82) is 0 Å². The van der Waals surface area contributed by atoms with Crippen molar-refractivity contribution >= 4 is 16.6 Å². The summed E-state index contributed by atoms with van der Waals surface area (Å²) in [5, 5.41) is 1.18. The lowest BCUT2D eigenvalue weighted by Gasteiger charge is -2.18. The number of ether oxygens (including phenoxy) is 1. The van der Waals surface area contributed by atoms with Crippen LogP contribution in [0.15, 0.2) is 54.7 Å². The van der Waals surface area contributed by atoms with E-state index in [2.05, 4.69) is 46.3 Å². The highest BCUT2D eigenvalue weighted by atomic mass is 16.5. The Hall–Kier alpha value is -2.55. The highest BCUT2D eigenvalue weighted by molar-refractivity contribution is 5.82. The minimum Gasteiger partial charge on any atom is -0.497 e. The molecule has 0 unspecified atom stereocenters. The van der Waals surface area contributed by atoms with Gasteiger partial charge < -0.3 is 9.64 Å². The van der Waals surface area contributed by atoms with Crippen molar-refractivity contribution < 1.29 is 4.74 Å². The molecule has 0 saturated carbocycles. The molecular formula is C18H16N2O. The third kappa shape index (κ3) is 2.11. The van der Waals surface area contributed by atoms with Gasteiger partial charge in [-0.15, -0.1) is 0 Å². The van der Waals surface area contributed by atoms with Gasteiger partial charge in [0, 0.05) is 30.4 Å². The Morgan fingerprint density at radius 3 is 2.81 bits per heavy atom. The molecule has 4 rings (SSSR count). The molecule has 1 aliphatic heterocycles. The number of nitrogens with zero attached hydrogens (tertiary/aromatic N) is 2. The van der Waals surface area contributed by atoms with E-state index in [9.17, 15) is 0 Å². The first-order valence-electron chi connectivity index (χ1n) is 7.09. The van der Waals surface area contributed by atoms with Gasteiger partial charge in [0.25, 0.3) is 0 Å². The van der Waals surface area contributed by atoms with E-state index in [4.69, 9.17) is 4.74 Å². The van der Waals surface area contributed by atoms with E-state index in [1.165, 1.54) is 22.2 Å². The molecule has 104 valence electrons. The van der Waals surface area contributed by atoms with Crippen LogP contribution < -0.4 is 9.64 Å². The lowest BCUT2D eigenvalue weighted by atomic mass is 10.1. The second-order valence-electron chi connectivity index (χ2n) is 5.37. The van der Waals surface area contributed by atoms with E-state index in [1.807, 2.05) is 18.3 Å². The molecule has 0 fully saturated rings. The van der Waals surface area contributed by atoms with Gasteiger partial charge in [-0.25, -0.2) is 0 Å². The second-order valence-corrected chi connectivity index (χ2v) is 5.37. The topological polar surface area (TPSA) is 25.4 Å². The number of aromatic nitrogens is 1. The molecule has 3 aromatic rings. The van der Waals surface area contributed by atoms with E-state index in [1.54, 1.807) is 7.11 Å². The Bertz CT molecular complexity index is 813. The fourth-order valence-corrected chi connectivity index (χ4v) is 2.93. The summed E-state index contributed by atoms with van der Waals surface area (Å²) in [6.45, 7) is 1.86. The van der Waals surface area contributed by atoms with E-state index >= 15 is 0 Å². The number of fused-ring (bicyclic) bond motifs is 2. The highest BCUT2D eigenvalue weighted by Crippen LogP contribution is 2.31. The van der Waals surface area contributed by atoms with Crippen molar-refractivity contribution in [3.05, 3.63) is 65.9 Å². The fourth-order valence-electron chi connectivity index (χ4n) is 2.93. The average molecular weight is 276 g/mol. The van der Waals surface area contributed by atoms with Crippen LogP contribution in [0.5, 0.6) is 5.75 Å². The predicted molar refractivity (Wildman–Crippen MR) is 84.6 cm³/mol. The second kappa shape index (κ2) is 4.77. The minimum atomic E-state index is 0.922. The van der Waals surface area contributed by atoms with Crippen molar-refractivity contribution in [1.82, 2.24) is 4.98 Å². The van der Waals surface area contributed by atoms with E-state index in [0.717, 1.165) is 24.4 Å². The van der Waals surface area contributed by atoms with Gasteiger partial charge in [-0.3, -0.25) is 4.98 Å². The first-order valence-corrected chi connectivity index (χ1v) is 7.09. The number of hydrogen-bond acceptors (Lipinski definition) is 3. The number of methoxy groups -OCH3 is 1. The van der Waals surface area contributed by atoms with Crippen LogP contribution >= 0.6 is 0 Å². The lowest BCUT2D eigenvalue weighted by Crippen LogP contribution is -2.14. The Kier molecular flexibility index (Phi) is 2.78. The zero-order chi connectivity index (χ0) is 14.2. The van der Waals surface area contributed by atoms with Crippen molar-refractivity contribution in [3.8, 4) is 5.75 Å². The van der Waals surface area contributed by atoms with Crippen LogP contribution in [0.4, 0.5) is 5.69 Å². The van der Waals surface area contributed by atoms with Gasteiger partial charge in [0.05, 0.1) is 12.6 Å². The quantitative estimate of drug-likeness (QED) is 0.712. The molecule has 3 nitrogen and oxygen atoms in total. The summed E-state index contributed by atoms with van der Waals surface area (Å²) in [6.07, 6.45) is 1.84. The monoisotopic (exact) mass is 276 g/mol. The van der Waals surface area contributed by atoms with Gasteiger partial charge in [-0.1, -0.05) is 18.2 Å². The number of hydrogen-bond donors (Lipinski definition) is 0. The van der Waals surface area contributed by atoms with Gasteiger partial charge in [-0.05, 0) is 41.5 Å². The summed E-state index contributed by atoms with van der Waals surface area (Å²) in [5.74, 6) is 0.927. The molecule has 0 N–H and O–H groups in total. The first-order chi connectivity index (χ1) is 10.3. The third-order valence-electron chi connectivity index (χ3n) is 4.09. The molecule has 1 aliphatic rings. The molecule has 0 amide bonds. The molecule has 0 radical (unpaired) electrons. The summed E-state index contributed by atoms with van der Waals surface area (Å²) in [7, 11) is 1.71. The molecule has 0 saturated heterocycles. The van der Waals surface area contributed by atoms with Gasteiger partial charge in [-0.2, -0.15) is 0 Å². The summed E-state index contributed by atoms with van der Waals surface area (Å²) in [6, 6.07) is 16.9. The summed E-state index contributed by atoms with van der Waals surface area (Å²) in [5.41, 5.74) is 4.98. The van der Waals surface area contributed by atoms with Crippen LogP contribution in [0.2, 0.25) is 0 Å². The van der Waals surface area contributed by atoms with Crippen molar-refractivity contribution in [3.63, 3.8) is 0 Å². The van der Waals surface area contributed by atoms with Gasteiger partial charge in [0.1, 0.15) is 5.75 Å². The van der Waals surface area contributed by atoms with Crippen molar-refractivity contribution in [2.45, 2.75) is 13.1 Å². The molecule has 0 bridgehead atoms. The van der Waals surface area contributed by atoms with Crippen molar-refractivity contribution in [2.75, 3.05) is 12.0 Å². The molecule has 21 heavy (non-hydrogen) atoms. The zero-order valence-corrected chi connectivity index (χ0v) is 11.9. The molecule has 3 heteroatoms. The molecule has 0 atom stereocenters. The smallest absolute Gasteiger partial charge is 0.119 e. The number of anilines is 1. The Morgan fingerprint density at radius 2 is 1.90 bits per heavy atom. The number of pyridine rings is 1. The molecule has 1 aromatic heterocycles. The normalized spacial score (nSPS) is 13.5. The van der Waals surface area contributed by atoms with Crippen LogP contribution in [0.3, 0.4) is 0 Å². The fraction of sp³-hybridized carbons (Fsp3) is 0.167. The highest BCUT2D eigenvalue weighted by Gasteiger charge is 2.19. The molecule has 0 spiro atoms. The van der Waals surface area contributed by atoms with Gasteiger partial charge >= 0.3 is 0 Å². The number of benzene rings is 2. The Labute approximate surface area is 123 Å². The molecule has 0 aliphatic carbocycles. The Balaban J connectivity index is 1.68. The third-order valence-corrected chi connectivity index (χ3v) is 4.09. The predicted octanol–water partition coefficient (Wildman–Crippen LogP) is 3.76. The van der Waals surface area contributed by atoms with Crippen molar-refractivity contribution in [2.24, 2.45) is 0 Å². The maximum atomic E-state index is 5.31. The van der Waals surface area contributed by atoms with E-state index < -0.39 is 0 Å². The first kappa shape index (κ1) is 12.2. The maximum Gasteiger partial charge on any atom is 0.119 e. The zero-order valence-electron chi connectivity index (χ0n) is 11.9. The SMILES string of the molecule is COc1ccc2c(c1)CN(c1ccc3cccnc3c1)C2. The number of rotatable bonds is 2. The van der Waals surface area contributed by atoms with Crippen LogP contribution in [-0.4, -0.2) is 12.1 Å². The molecule has 2 heterocycles.